The first-order valence-corrected chi connectivity index (χ1v) is 12.8. The highest BCUT2D eigenvalue weighted by molar-refractivity contribution is 5.82. The van der Waals surface area contributed by atoms with E-state index in [0.29, 0.717) is 18.4 Å². The van der Waals surface area contributed by atoms with Crippen LogP contribution in [0.2, 0.25) is 0 Å². The molecule has 1 N–H and O–H groups in total. The van der Waals surface area contributed by atoms with E-state index in [0.717, 1.165) is 29.0 Å². The number of aliphatic imine (C=N–C) groups is 1. The van der Waals surface area contributed by atoms with Gasteiger partial charge >= 0.3 is 0 Å². The highest BCUT2D eigenvalue weighted by Crippen LogP contribution is 2.50. The number of fused-ring (bicyclic) bond motifs is 3. The Hall–Kier alpha value is -4.18. The fourth-order valence-electron chi connectivity index (χ4n) is 5.40. The third kappa shape index (κ3) is 5.05. The first-order valence-electron chi connectivity index (χ1n) is 12.8. The largest absolute Gasteiger partial charge is 0.489 e. The Morgan fingerprint density at radius 2 is 1.81 bits per heavy atom. The van der Waals surface area contributed by atoms with Gasteiger partial charge in [0, 0.05) is 17.8 Å². The van der Waals surface area contributed by atoms with Gasteiger partial charge in [0.1, 0.15) is 18.2 Å². The van der Waals surface area contributed by atoms with Gasteiger partial charge in [-0.2, -0.15) is 0 Å². The first-order chi connectivity index (χ1) is 18.1. The molecular weight excluding hydrogens is 459 g/mol. The van der Waals surface area contributed by atoms with E-state index in [2.05, 4.69) is 71.8 Å². The van der Waals surface area contributed by atoms with Crippen LogP contribution in [-0.4, -0.2) is 6.21 Å². The molecule has 0 radical (unpaired) electrons. The SMILES string of the molecule is Cc1ccc2c(c1)[C@@H]1C=CC[C@H]1[C@@H](c1ccc(N=Cc3ccc(OCc4cccc(F)c4)cc3)cc1)N2. The molecule has 6 rings (SSSR count). The molecule has 0 spiro atoms. The summed E-state index contributed by atoms with van der Waals surface area (Å²) in [4.78, 5) is 4.67. The molecule has 0 amide bonds. The van der Waals surface area contributed by atoms with Crippen molar-refractivity contribution in [3.05, 3.63) is 137 Å². The minimum absolute atomic E-state index is 0.254. The average molecular weight is 489 g/mol. The maximum absolute atomic E-state index is 13.3. The highest BCUT2D eigenvalue weighted by Gasteiger charge is 2.37. The molecule has 0 bridgehead atoms. The Labute approximate surface area is 217 Å². The maximum atomic E-state index is 13.3. The van der Waals surface area contributed by atoms with E-state index < -0.39 is 0 Å². The van der Waals surface area contributed by atoms with Gasteiger partial charge in [-0.1, -0.05) is 54.1 Å². The maximum Gasteiger partial charge on any atom is 0.123 e. The standard InChI is InChI=1S/C33H29FN2O/c1-22-8-17-32-31(18-22)29-6-3-7-30(29)33(36-32)25-11-13-27(14-12-25)35-20-23-9-15-28(16-10-23)37-21-24-4-2-5-26(34)19-24/h2-6,8-20,29-30,33,36H,7,21H2,1H3/t29-,30-,33-/m1/s1. The van der Waals surface area contributed by atoms with Gasteiger partial charge in [0.2, 0.25) is 0 Å². The Balaban J connectivity index is 1.11. The number of anilines is 1. The molecule has 37 heavy (non-hydrogen) atoms. The van der Waals surface area contributed by atoms with Gasteiger partial charge in [0.15, 0.2) is 0 Å². The predicted octanol–water partition coefficient (Wildman–Crippen LogP) is 8.29. The molecular formula is C33H29FN2O. The van der Waals surface area contributed by atoms with Crippen molar-refractivity contribution in [1.82, 2.24) is 0 Å². The van der Waals surface area contributed by atoms with Crippen molar-refractivity contribution in [2.24, 2.45) is 10.9 Å². The van der Waals surface area contributed by atoms with Crippen LogP contribution in [0, 0.1) is 18.7 Å². The minimum atomic E-state index is -0.254. The molecule has 3 nitrogen and oxygen atoms in total. The van der Waals surface area contributed by atoms with Crippen LogP contribution in [0.25, 0.3) is 0 Å². The molecule has 0 saturated carbocycles. The zero-order chi connectivity index (χ0) is 25.2. The summed E-state index contributed by atoms with van der Waals surface area (Å²) in [5, 5.41) is 3.81. The van der Waals surface area contributed by atoms with Gasteiger partial charge in [-0.05, 0) is 96.1 Å². The summed E-state index contributed by atoms with van der Waals surface area (Å²) in [7, 11) is 0. The number of nitrogens with one attached hydrogen (secondary N) is 1. The van der Waals surface area contributed by atoms with Crippen LogP contribution in [0.15, 0.2) is 108 Å². The van der Waals surface area contributed by atoms with Crippen molar-refractivity contribution in [2.75, 3.05) is 5.32 Å². The van der Waals surface area contributed by atoms with Gasteiger partial charge in [-0.25, -0.2) is 4.39 Å². The number of benzene rings is 4. The smallest absolute Gasteiger partial charge is 0.123 e. The molecule has 4 aromatic rings. The molecule has 4 aromatic carbocycles. The fraction of sp³-hybridized carbons (Fsp3) is 0.182. The number of rotatable bonds is 6. The van der Waals surface area contributed by atoms with Gasteiger partial charge in [0.05, 0.1) is 11.7 Å². The van der Waals surface area contributed by atoms with Crippen molar-refractivity contribution < 1.29 is 9.13 Å². The van der Waals surface area contributed by atoms with E-state index in [1.54, 1.807) is 6.07 Å². The summed E-state index contributed by atoms with van der Waals surface area (Å²) in [5.41, 5.74) is 7.98. The van der Waals surface area contributed by atoms with Crippen molar-refractivity contribution in [3.63, 3.8) is 0 Å². The number of allylic oxidation sites excluding steroid dienone is 2. The Bertz CT molecular complexity index is 1460. The molecule has 0 fully saturated rings. The summed E-state index contributed by atoms with van der Waals surface area (Å²) in [6.45, 7) is 2.49. The molecule has 4 heteroatoms. The third-order valence-electron chi connectivity index (χ3n) is 7.31. The number of hydrogen-bond acceptors (Lipinski definition) is 3. The molecule has 0 unspecified atom stereocenters. The van der Waals surface area contributed by atoms with Crippen molar-refractivity contribution >= 4 is 17.6 Å². The van der Waals surface area contributed by atoms with Crippen LogP contribution in [-0.2, 0) is 6.61 Å². The molecule has 1 aliphatic carbocycles. The molecule has 2 aliphatic rings. The van der Waals surface area contributed by atoms with Crippen LogP contribution in [0.4, 0.5) is 15.8 Å². The lowest BCUT2D eigenvalue weighted by Crippen LogP contribution is -2.29. The molecule has 0 saturated heterocycles. The number of halogens is 1. The van der Waals surface area contributed by atoms with Gasteiger partial charge in [0.25, 0.3) is 0 Å². The monoisotopic (exact) mass is 488 g/mol. The van der Waals surface area contributed by atoms with Crippen LogP contribution in [0.3, 0.4) is 0 Å². The quantitative estimate of drug-likeness (QED) is 0.219. The van der Waals surface area contributed by atoms with Crippen LogP contribution in [0.5, 0.6) is 5.75 Å². The van der Waals surface area contributed by atoms with Crippen molar-refractivity contribution in [1.29, 1.82) is 0 Å². The van der Waals surface area contributed by atoms with Gasteiger partial charge in [-0.3, -0.25) is 4.99 Å². The van der Waals surface area contributed by atoms with Crippen molar-refractivity contribution in [2.45, 2.75) is 31.9 Å². The van der Waals surface area contributed by atoms with E-state index in [-0.39, 0.29) is 11.9 Å². The second-order valence-corrected chi connectivity index (χ2v) is 9.90. The number of hydrogen-bond donors (Lipinski definition) is 1. The van der Waals surface area contributed by atoms with E-state index >= 15 is 0 Å². The first kappa shape index (κ1) is 23.2. The second kappa shape index (κ2) is 10.1. The fourth-order valence-corrected chi connectivity index (χ4v) is 5.40. The normalized spacial score (nSPS) is 19.9. The zero-order valence-corrected chi connectivity index (χ0v) is 20.8. The average Bonchev–Trinajstić information content (AvgIpc) is 3.42. The number of nitrogens with zero attached hydrogens (tertiary/aromatic N) is 1. The summed E-state index contributed by atoms with van der Waals surface area (Å²) in [6.07, 6.45) is 7.67. The van der Waals surface area contributed by atoms with Gasteiger partial charge < -0.3 is 10.1 Å². The topological polar surface area (TPSA) is 33.6 Å². The molecule has 1 heterocycles. The highest BCUT2D eigenvalue weighted by atomic mass is 19.1. The van der Waals surface area contributed by atoms with Gasteiger partial charge in [-0.15, -0.1) is 0 Å². The lowest BCUT2D eigenvalue weighted by atomic mass is 9.76. The van der Waals surface area contributed by atoms with Crippen LogP contribution < -0.4 is 10.1 Å². The van der Waals surface area contributed by atoms with Crippen LogP contribution >= 0.6 is 0 Å². The van der Waals surface area contributed by atoms with E-state index in [4.69, 9.17) is 4.74 Å². The Kier molecular flexibility index (Phi) is 6.32. The molecule has 1 aliphatic heterocycles. The number of ether oxygens (including phenoxy) is 1. The minimum Gasteiger partial charge on any atom is -0.489 e. The predicted molar refractivity (Wildman–Crippen MR) is 148 cm³/mol. The van der Waals surface area contributed by atoms with Crippen LogP contribution in [0.1, 0.15) is 46.2 Å². The lowest BCUT2D eigenvalue weighted by Gasteiger charge is -2.37. The van der Waals surface area contributed by atoms with Crippen molar-refractivity contribution in [3.8, 4) is 5.75 Å². The molecule has 3 atom stereocenters. The summed E-state index contributed by atoms with van der Waals surface area (Å²) in [5.74, 6) is 1.49. The Morgan fingerprint density at radius 1 is 0.973 bits per heavy atom. The van der Waals surface area contributed by atoms with E-state index in [1.165, 1.54) is 34.5 Å². The summed E-state index contributed by atoms with van der Waals surface area (Å²) >= 11 is 0. The second-order valence-electron chi connectivity index (χ2n) is 9.90. The van der Waals surface area contributed by atoms with E-state index in [1.807, 2.05) is 36.5 Å². The number of aryl methyl sites for hydroxylation is 1. The molecule has 184 valence electrons. The zero-order valence-electron chi connectivity index (χ0n) is 20.8. The molecule has 0 aromatic heterocycles. The third-order valence-corrected chi connectivity index (χ3v) is 7.31. The summed E-state index contributed by atoms with van der Waals surface area (Å²) < 4.78 is 19.1. The summed E-state index contributed by atoms with van der Waals surface area (Å²) in [6, 6.07) is 29.8. The van der Waals surface area contributed by atoms with E-state index in [9.17, 15) is 4.39 Å². The Morgan fingerprint density at radius 3 is 2.62 bits per heavy atom. The lowest BCUT2D eigenvalue weighted by molar-refractivity contribution is 0.305.